The van der Waals surface area contributed by atoms with E-state index in [1.165, 1.54) is 10.9 Å². The Balaban J connectivity index is 2.21. The molecule has 0 bridgehead atoms. The molecule has 0 aliphatic carbocycles. The molecule has 0 saturated carbocycles. The maximum Gasteiger partial charge on any atom is 0.0616 e. The number of nitrogens with one attached hydrogen (secondary N) is 1. The number of para-hydroxylation sites is 1. The summed E-state index contributed by atoms with van der Waals surface area (Å²) in [4.78, 5) is 3.24. The monoisotopic (exact) mass is 204 g/mol. The minimum absolute atomic E-state index is 0.0641. The lowest BCUT2D eigenvalue weighted by Gasteiger charge is -2.08. The lowest BCUT2D eigenvalue weighted by molar-refractivity contribution is 0.180. The summed E-state index contributed by atoms with van der Waals surface area (Å²) < 4.78 is 5.03. The molecule has 0 aliphatic heterocycles. The number of nitrogens with two attached hydrogens (primary N) is 1. The standard InChI is InChI=1S/C12H16N2O/c1-15-8-10(13)6-9-7-14-12-5-3-2-4-11(9)12/h2-5,7,10,14H,6,8,13H2,1H3/t10-/m1/s1. The van der Waals surface area contributed by atoms with Gasteiger partial charge in [-0.15, -0.1) is 0 Å². The maximum absolute atomic E-state index is 5.93. The first kappa shape index (κ1) is 10.2. The quantitative estimate of drug-likeness (QED) is 0.796. The summed E-state index contributed by atoms with van der Waals surface area (Å²) >= 11 is 0. The van der Waals surface area contributed by atoms with Crippen LogP contribution in [0.15, 0.2) is 30.5 Å². The Morgan fingerprint density at radius 2 is 2.20 bits per heavy atom. The zero-order chi connectivity index (χ0) is 10.7. The number of hydrogen-bond donors (Lipinski definition) is 2. The van der Waals surface area contributed by atoms with Crippen molar-refractivity contribution in [1.29, 1.82) is 0 Å². The third-order valence-electron chi connectivity index (χ3n) is 2.54. The van der Waals surface area contributed by atoms with Gasteiger partial charge in [0.1, 0.15) is 0 Å². The molecule has 15 heavy (non-hydrogen) atoms. The van der Waals surface area contributed by atoms with Crippen molar-refractivity contribution in [3.8, 4) is 0 Å². The van der Waals surface area contributed by atoms with Crippen molar-refractivity contribution in [3.05, 3.63) is 36.0 Å². The Morgan fingerprint density at radius 1 is 1.40 bits per heavy atom. The molecule has 1 heterocycles. The largest absolute Gasteiger partial charge is 0.383 e. The summed E-state index contributed by atoms with van der Waals surface area (Å²) in [6, 6.07) is 8.31. The zero-order valence-electron chi connectivity index (χ0n) is 8.86. The highest BCUT2D eigenvalue weighted by molar-refractivity contribution is 5.83. The number of benzene rings is 1. The van der Waals surface area contributed by atoms with Crippen LogP contribution in [-0.4, -0.2) is 24.7 Å². The van der Waals surface area contributed by atoms with E-state index < -0.39 is 0 Å². The van der Waals surface area contributed by atoms with Gasteiger partial charge >= 0.3 is 0 Å². The van der Waals surface area contributed by atoms with E-state index in [2.05, 4.69) is 17.1 Å². The van der Waals surface area contributed by atoms with Gasteiger partial charge in [-0.2, -0.15) is 0 Å². The van der Waals surface area contributed by atoms with E-state index in [0.29, 0.717) is 6.61 Å². The van der Waals surface area contributed by atoms with E-state index >= 15 is 0 Å². The summed E-state index contributed by atoms with van der Waals surface area (Å²) in [6.45, 7) is 0.597. The van der Waals surface area contributed by atoms with Crippen molar-refractivity contribution in [3.63, 3.8) is 0 Å². The van der Waals surface area contributed by atoms with Gasteiger partial charge in [-0.1, -0.05) is 18.2 Å². The van der Waals surface area contributed by atoms with Crippen LogP contribution >= 0.6 is 0 Å². The number of rotatable bonds is 4. The molecule has 0 saturated heterocycles. The topological polar surface area (TPSA) is 51.0 Å². The molecule has 3 N–H and O–H groups in total. The summed E-state index contributed by atoms with van der Waals surface area (Å²) in [7, 11) is 1.68. The first-order valence-electron chi connectivity index (χ1n) is 5.11. The fourth-order valence-corrected chi connectivity index (χ4v) is 1.86. The molecule has 1 aromatic carbocycles. The molecule has 2 rings (SSSR count). The van der Waals surface area contributed by atoms with Crippen LogP contribution < -0.4 is 5.73 Å². The molecule has 80 valence electrons. The Labute approximate surface area is 89.2 Å². The van der Waals surface area contributed by atoms with E-state index in [1.54, 1.807) is 7.11 Å². The molecule has 0 spiro atoms. The van der Waals surface area contributed by atoms with Crippen LogP contribution in [0.25, 0.3) is 10.9 Å². The van der Waals surface area contributed by atoms with Crippen LogP contribution in [0.2, 0.25) is 0 Å². The van der Waals surface area contributed by atoms with Crippen LogP contribution in [0.3, 0.4) is 0 Å². The Morgan fingerprint density at radius 3 is 3.00 bits per heavy atom. The third-order valence-corrected chi connectivity index (χ3v) is 2.54. The van der Waals surface area contributed by atoms with E-state index in [0.717, 1.165) is 11.9 Å². The maximum atomic E-state index is 5.93. The lowest BCUT2D eigenvalue weighted by Crippen LogP contribution is -2.27. The van der Waals surface area contributed by atoms with Crippen molar-refractivity contribution in [2.45, 2.75) is 12.5 Å². The van der Waals surface area contributed by atoms with Gasteiger partial charge in [0.05, 0.1) is 6.61 Å². The molecule has 0 radical (unpaired) electrons. The number of methoxy groups -OCH3 is 1. The van der Waals surface area contributed by atoms with Crippen LogP contribution in [0.4, 0.5) is 0 Å². The van der Waals surface area contributed by atoms with Gasteiger partial charge in [-0.3, -0.25) is 0 Å². The summed E-state index contributed by atoms with van der Waals surface area (Å²) in [5.74, 6) is 0. The van der Waals surface area contributed by atoms with Crippen LogP contribution in [0.1, 0.15) is 5.56 Å². The first-order valence-corrected chi connectivity index (χ1v) is 5.11. The van der Waals surface area contributed by atoms with Crippen LogP contribution in [0, 0.1) is 0 Å². The van der Waals surface area contributed by atoms with E-state index in [-0.39, 0.29) is 6.04 Å². The number of H-pyrrole nitrogens is 1. The molecule has 0 aliphatic rings. The second-order valence-corrected chi connectivity index (χ2v) is 3.78. The molecule has 3 nitrogen and oxygen atoms in total. The van der Waals surface area contributed by atoms with Crippen molar-refractivity contribution in [2.75, 3.05) is 13.7 Å². The van der Waals surface area contributed by atoms with Gasteiger partial charge in [0, 0.05) is 30.3 Å². The van der Waals surface area contributed by atoms with Gasteiger partial charge in [0.25, 0.3) is 0 Å². The van der Waals surface area contributed by atoms with Gasteiger partial charge < -0.3 is 15.5 Å². The average molecular weight is 204 g/mol. The normalized spacial score (nSPS) is 13.2. The highest BCUT2D eigenvalue weighted by Gasteiger charge is 2.07. The predicted molar refractivity (Wildman–Crippen MR) is 61.9 cm³/mol. The molecule has 3 heteroatoms. The summed E-state index contributed by atoms with van der Waals surface area (Å²) in [6.07, 6.45) is 2.87. The van der Waals surface area contributed by atoms with Crippen molar-refractivity contribution < 1.29 is 4.74 Å². The number of ether oxygens (including phenoxy) is 1. The minimum atomic E-state index is 0.0641. The Kier molecular flexibility index (Phi) is 3.04. The van der Waals surface area contributed by atoms with Gasteiger partial charge in [-0.25, -0.2) is 0 Å². The highest BCUT2D eigenvalue weighted by atomic mass is 16.5. The molecular weight excluding hydrogens is 188 g/mol. The SMILES string of the molecule is COC[C@H](N)Cc1c[nH]c2ccccc12. The fraction of sp³-hybridized carbons (Fsp3) is 0.333. The Hall–Kier alpha value is -1.32. The number of aromatic nitrogens is 1. The van der Waals surface area contributed by atoms with Crippen LogP contribution in [0.5, 0.6) is 0 Å². The average Bonchev–Trinajstić information content (AvgIpc) is 2.62. The number of hydrogen-bond acceptors (Lipinski definition) is 2. The smallest absolute Gasteiger partial charge is 0.0616 e. The first-order chi connectivity index (χ1) is 7.31. The summed E-state index contributed by atoms with van der Waals surface area (Å²) in [5, 5.41) is 1.25. The van der Waals surface area contributed by atoms with Crippen molar-refractivity contribution in [2.24, 2.45) is 5.73 Å². The zero-order valence-corrected chi connectivity index (χ0v) is 8.86. The van der Waals surface area contributed by atoms with E-state index in [4.69, 9.17) is 10.5 Å². The van der Waals surface area contributed by atoms with Crippen molar-refractivity contribution in [1.82, 2.24) is 4.98 Å². The molecule has 1 atom stereocenters. The van der Waals surface area contributed by atoms with Gasteiger partial charge in [-0.05, 0) is 18.1 Å². The highest BCUT2D eigenvalue weighted by Crippen LogP contribution is 2.18. The number of fused-ring (bicyclic) bond motifs is 1. The second-order valence-electron chi connectivity index (χ2n) is 3.78. The van der Waals surface area contributed by atoms with Crippen molar-refractivity contribution >= 4 is 10.9 Å². The molecule has 0 fully saturated rings. The predicted octanol–water partition coefficient (Wildman–Crippen LogP) is 1.68. The van der Waals surface area contributed by atoms with E-state index in [9.17, 15) is 0 Å². The summed E-state index contributed by atoms with van der Waals surface area (Å²) in [5.41, 5.74) is 8.35. The van der Waals surface area contributed by atoms with Gasteiger partial charge in [0.15, 0.2) is 0 Å². The van der Waals surface area contributed by atoms with Crippen LogP contribution in [-0.2, 0) is 11.2 Å². The van der Waals surface area contributed by atoms with Gasteiger partial charge in [0.2, 0.25) is 0 Å². The third kappa shape index (κ3) is 2.19. The molecule has 0 unspecified atom stereocenters. The molecule has 2 aromatic rings. The fourth-order valence-electron chi connectivity index (χ4n) is 1.86. The lowest BCUT2D eigenvalue weighted by atomic mass is 10.1. The molecule has 0 amide bonds. The molecular formula is C12H16N2O. The number of aromatic amines is 1. The second kappa shape index (κ2) is 4.47. The Bertz CT molecular complexity index is 436. The van der Waals surface area contributed by atoms with E-state index in [1.807, 2.05) is 18.3 Å². The minimum Gasteiger partial charge on any atom is -0.383 e. The molecule has 1 aromatic heterocycles.